The van der Waals surface area contributed by atoms with Crippen LogP contribution in [-0.4, -0.2) is 33.0 Å². The average molecular weight is 334 g/mol. The first-order chi connectivity index (χ1) is 12.3. The summed E-state index contributed by atoms with van der Waals surface area (Å²) >= 11 is 0. The number of phenolic OH excluding ortho intramolecular Hbond substituents is 1. The molecule has 1 aliphatic heterocycles. The number of fused-ring (bicyclic) bond motifs is 1. The minimum atomic E-state index is 0.249. The smallest absolute Gasteiger partial charge is 0.125 e. The molecular weight excluding hydrogens is 312 g/mol. The van der Waals surface area contributed by atoms with E-state index in [0.29, 0.717) is 12.0 Å². The Morgan fingerprint density at radius 1 is 1.00 bits per heavy atom. The molecular formula is C20H22N4O. The highest BCUT2D eigenvalue weighted by molar-refractivity contribution is 5.82. The molecule has 2 N–H and O–H groups in total. The van der Waals surface area contributed by atoms with E-state index < -0.39 is 0 Å². The van der Waals surface area contributed by atoms with Gasteiger partial charge in [0.15, 0.2) is 0 Å². The van der Waals surface area contributed by atoms with Crippen molar-refractivity contribution in [2.75, 3.05) is 13.1 Å². The molecule has 25 heavy (non-hydrogen) atoms. The third-order valence-corrected chi connectivity index (χ3v) is 5.47. The Labute approximate surface area is 146 Å². The van der Waals surface area contributed by atoms with Crippen molar-refractivity contribution in [3.8, 4) is 17.0 Å². The van der Waals surface area contributed by atoms with Crippen LogP contribution in [0.15, 0.2) is 36.4 Å². The van der Waals surface area contributed by atoms with Crippen molar-refractivity contribution in [2.45, 2.75) is 37.6 Å². The number of aromatic nitrogens is 3. The molecule has 1 saturated heterocycles. The van der Waals surface area contributed by atoms with Gasteiger partial charge in [0.1, 0.15) is 11.3 Å². The summed E-state index contributed by atoms with van der Waals surface area (Å²) in [5.74, 6) is 0.851. The van der Waals surface area contributed by atoms with E-state index in [1.54, 1.807) is 6.07 Å². The van der Waals surface area contributed by atoms with Crippen molar-refractivity contribution in [3.05, 3.63) is 42.1 Å². The molecule has 2 aromatic heterocycles. The van der Waals surface area contributed by atoms with Gasteiger partial charge in [-0.3, -0.25) is 0 Å². The predicted molar refractivity (Wildman–Crippen MR) is 97.7 cm³/mol. The monoisotopic (exact) mass is 334 g/mol. The largest absolute Gasteiger partial charge is 0.507 e. The number of rotatable bonds is 3. The molecule has 0 bridgehead atoms. The Morgan fingerprint density at radius 2 is 1.80 bits per heavy atom. The summed E-state index contributed by atoms with van der Waals surface area (Å²) < 4.78 is 2.50. The summed E-state index contributed by atoms with van der Waals surface area (Å²) in [5, 5.41) is 22.5. The van der Waals surface area contributed by atoms with Crippen molar-refractivity contribution in [2.24, 2.45) is 0 Å². The van der Waals surface area contributed by atoms with Gasteiger partial charge in [-0.05, 0) is 63.0 Å². The Balaban J connectivity index is 1.65. The van der Waals surface area contributed by atoms with Crippen LogP contribution in [0.3, 0.4) is 0 Å². The van der Waals surface area contributed by atoms with Crippen LogP contribution >= 0.6 is 0 Å². The lowest BCUT2D eigenvalue weighted by molar-refractivity contribution is 0.441. The van der Waals surface area contributed by atoms with E-state index in [9.17, 15) is 5.11 Å². The third-order valence-electron chi connectivity index (χ3n) is 5.47. The van der Waals surface area contributed by atoms with Crippen LogP contribution in [0.25, 0.3) is 22.3 Å². The van der Waals surface area contributed by atoms with Crippen LogP contribution in [-0.2, 0) is 0 Å². The molecule has 5 rings (SSSR count). The number of benzene rings is 1. The van der Waals surface area contributed by atoms with Crippen LogP contribution < -0.4 is 5.32 Å². The lowest BCUT2D eigenvalue weighted by Gasteiger charge is -2.24. The van der Waals surface area contributed by atoms with E-state index in [1.807, 2.05) is 18.2 Å². The number of phenols is 1. The maximum Gasteiger partial charge on any atom is 0.125 e. The quantitative estimate of drug-likeness (QED) is 0.768. The van der Waals surface area contributed by atoms with Crippen LogP contribution in [0.5, 0.6) is 5.75 Å². The van der Waals surface area contributed by atoms with Gasteiger partial charge in [-0.15, -0.1) is 10.2 Å². The summed E-state index contributed by atoms with van der Waals surface area (Å²) in [6, 6.07) is 12.3. The Bertz CT molecular complexity index is 923. The van der Waals surface area contributed by atoms with Gasteiger partial charge in [-0.2, -0.15) is 0 Å². The number of para-hydroxylation sites is 1. The topological polar surface area (TPSA) is 63.0 Å². The number of hydrogen-bond acceptors (Lipinski definition) is 4. The Kier molecular flexibility index (Phi) is 3.48. The van der Waals surface area contributed by atoms with E-state index in [2.05, 4.69) is 32.2 Å². The number of aromatic hydroxyl groups is 1. The first-order valence-electron chi connectivity index (χ1n) is 9.19. The molecule has 128 valence electrons. The van der Waals surface area contributed by atoms with Crippen molar-refractivity contribution in [3.63, 3.8) is 0 Å². The molecule has 1 aliphatic carbocycles. The van der Waals surface area contributed by atoms with Crippen LogP contribution in [0.4, 0.5) is 0 Å². The second-order valence-electron chi connectivity index (χ2n) is 7.21. The van der Waals surface area contributed by atoms with Gasteiger partial charge in [-0.25, -0.2) is 0 Å². The maximum atomic E-state index is 10.2. The zero-order valence-corrected chi connectivity index (χ0v) is 14.2. The maximum absolute atomic E-state index is 10.2. The first-order valence-corrected chi connectivity index (χ1v) is 9.19. The summed E-state index contributed by atoms with van der Waals surface area (Å²) in [4.78, 5) is 0. The second-order valence-corrected chi connectivity index (χ2v) is 7.21. The van der Waals surface area contributed by atoms with Crippen molar-refractivity contribution < 1.29 is 5.11 Å². The number of nitrogens with one attached hydrogen (secondary N) is 1. The molecule has 5 heteroatoms. The van der Waals surface area contributed by atoms with Gasteiger partial charge >= 0.3 is 0 Å². The van der Waals surface area contributed by atoms with Crippen LogP contribution in [0.2, 0.25) is 0 Å². The second kappa shape index (κ2) is 5.85. The van der Waals surface area contributed by atoms with E-state index >= 15 is 0 Å². The zero-order chi connectivity index (χ0) is 16.8. The summed E-state index contributed by atoms with van der Waals surface area (Å²) in [6.45, 7) is 2.18. The zero-order valence-electron chi connectivity index (χ0n) is 14.2. The predicted octanol–water partition coefficient (Wildman–Crippen LogP) is 3.61. The summed E-state index contributed by atoms with van der Waals surface area (Å²) in [5.41, 5.74) is 5.03. The van der Waals surface area contributed by atoms with Crippen molar-refractivity contribution in [1.82, 2.24) is 20.1 Å². The Morgan fingerprint density at radius 3 is 2.56 bits per heavy atom. The minimum absolute atomic E-state index is 0.249. The summed E-state index contributed by atoms with van der Waals surface area (Å²) in [7, 11) is 0. The lowest BCUT2D eigenvalue weighted by atomic mass is 9.94. The van der Waals surface area contributed by atoms with Gasteiger partial charge in [0, 0.05) is 23.2 Å². The number of piperidine rings is 1. The van der Waals surface area contributed by atoms with E-state index in [1.165, 1.54) is 31.4 Å². The Hall–Kier alpha value is -2.40. The highest BCUT2D eigenvalue weighted by atomic mass is 16.3. The fourth-order valence-electron chi connectivity index (χ4n) is 4.03. The summed E-state index contributed by atoms with van der Waals surface area (Å²) in [6.07, 6.45) is 4.86. The molecule has 2 aliphatic rings. The van der Waals surface area contributed by atoms with Gasteiger partial charge in [0.2, 0.25) is 0 Å². The molecule has 0 atom stereocenters. The SMILES string of the molecule is Oc1ccccc1-c1cc2c(cc(C3CCNCC3)n2C2CC2)nn1. The molecule has 0 radical (unpaired) electrons. The van der Waals surface area contributed by atoms with Crippen LogP contribution in [0, 0.1) is 0 Å². The van der Waals surface area contributed by atoms with Gasteiger partial charge < -0.3 is 15.0 Å². The van der Waals surface area contributed by atoms with Gasteiger partial charge in [-0.1, -0.05) is 12.1 Å². The molecule has 2 fully saturated rings. The standard InChI is InChI=1S/C20H22N4O/c25-20-4-2-1-3-15(20)16-11-19-17(23-22-16)12-18(24(19)14-5-6-14)13-7-9-21-10-8-13/h1-4,11-14,21,25H,5-10H2. The van der Waals surface area contributed by atoms with Crippen molar-refractivity contribution in [1.29, 1.82) is 0 Å². The molecule has 5 nitrogen and oxygen atoms in total. The van der Waals surface area contributed by atoms with E-state index in [-0.39, 0.29) is 5.75 Å². The normalized spacial score (nSPS) is 18.7. The molecule has 0 unspecified atom stereocenters. The van der Waals surface area contributed by atoms with Gasteiger partial charge in [0.05, 0.1) is 11.2 Å². The molecule has 1 aromatic carbocycles. The molecule has 0 spiro atoms. The first kappa shape index (κ1) is 14.9. The molecule has 3 aromatic rings. The molecule has 3 heterocycles. The van der Waals surface area contributed by atoms with E-state index in [0.717, 1.165) is 35.4 Å². The van der Waals surface area contributed by atoms with Gasteiger partial charge in [0.25, 0.3) is 0 Å². The fourth-order valence-corrected chi connectivity index (χ4v) is 4.03. The highest BCUT2D eigenvalue weighted by Crippen LogP contribution is 2.43. The number of hydrogen-bond donors (Lipinski definition) is 2. The third kappa shape index (κ3) is 2.59. The minimum Gasteiger partial charge on any atom is -0.507 e. The lowest BCUT2D eigenvalue weighted by Crippen LogP contribution is -2.27. The fraction of sp³-hybridized carbons (Fsp3) is 0.400. The number of nitrogens with zero attached hydrogens (tertiary/aromatic N) is 3. The average Bonchev–Trinajstić information content (AvgIpc) is 3.42. The molecule has 1 saturated carbocycles. The van der Waals surface area contributed by atoms with Crippen LogP contribution in [0.1, 0.15) is 43.3 Å². The van der Waals surface area contributed by atoms with Crippen molar-refractivity contribution >= 4 is 11.0 Å². The molecule has 0 amide bonds. The van der Waals surface area contributed by atoms with E-state index in [4.69, 9.17) is 0 Å². The highest BCUT2D eigenvalue weighted by Gasteiger charge is 2.31.